The molecule has 0 aliphatic heterocycles. The van der Waals surface area contributed by atoms with Crippen LogP contribution >= 0.6 is 11.6 Å². The molecule has 1 aromatic rings. The van der Waals surface area contributed by atoms with E-state index in [-0.39, 0.29) is 12.1 Å². The lowest BCUT2D eigenvalue weighted by Crippen LogP contribution is -2.30. The first-order chi connectivity index (χ1) is 6.63. The van der Waals surface area contributed by atoms with E-state index < -0.39 is 0 Å². The molecule has 4 nitrogen and oxygen atoms in total. The molecule has 0 saturated carbocycles. The molecule has 78 valence electrons. The molecule has 1 aromatic heterocycles. The predicted octanol–water partition coefficient (Wildman–Crippen LogP) is 1.97. The first-order valence-corrected chi connectivity index (χ1v) is 4.78. The van der Waals surface area contributed by atoms with Gasteiger partial charge in [0, 0.05) is 7.11 Å². The van der Waals surface area contributed by atoms with E-state index in [1.807, 2.05) is 13.8 Å². The minimum atomic E-state index is 0.106. The zero-order valence-corrected chi connectivity index (χ0v) is 9.25. The number of anilines is 1. The molecule has 0 spiro atoms. The van der Waals surface area contributed by atoms with E-state index in [2.05, 4.69) is 15.3 Å². The monoisotopic (exact) mass is 215 g/mol. The SMILES string of the molecule is COC(C)[C@H](C)Nc1ncc(Cl)cn1. The van der Waals surface area contributed by atoms with Crippen LogP contribution in [-0.4, -0.2) is 29.2 Å². The fraction of sp³-hybridized carbons (Fsp3) is 0.556. The maximum atomic E-state index is 5.66. The maximum absolute atomic E-state index is 5.66. The van der Waals surface area contributed by atoms with Crippen LogP contribution < -0.4 is 5.32 Å². The van der Waals surface area contributed by atoms with Crippen molar-refractivity contribution in [3.63, 3.8) is 0 Å². The van der Waals surface area contributed by atoms with Gasteiger partial charge in [0.15, 0.2) is 0 Å². The number of nitrogens with one attached hydrogen (secondary N) is 1. The summed E-state index contributed by atoms with van der Waals surface area (Å²) in [5, 5.41) is 3.64. The van der Waals surface area contributed by atoms with Crippen LogP contribution in [0.1, 0.15) is 13.8 Å². The van der Waals surface area contributed by atoms with Gasteiger partial charge in [0.25, 0.3) is 0 Å². The molecule has 2 atom stereocenters. The van der Waals surface area contributed by atoms with Crippen molar-refractivity contribution in [2.45, 2.75) is 26.0 Å². The summed E-state index contributed by atoms with van der Waals surface area (Å²) in [4.78, 5) is 8.05. The molecule has 0 amide bonds. The molecule has 0 bridgehead atoms. The molecule has 5 heteroatoms. The first kappa shape index (κ1) is 11.2. The summed E-state index contributed by atoms with van der Waals surface area (Å²) in [6.45, 7) is 3.99. The summed E-state index contributed by atoms with van der Waals surface area (Å²) in [5.74, 6) is 0.561. The van der Waals surface area contributed by atoms with Crippen LogP contribution in [-0.2, 0) is 4.74 Å². The van der Waals surface area contributed by atoms with Crippen molar-refractivity contribution < 1.29 is 4.74 Å². The predicted molar refractivity (Wildman–Crippen MR) is 56.6 cm³/mol. The van der Waals surface area contributed by atoms with Gasteiger partial charge in [0.1, 0.15) is 0 Å². The molecule has 0 saturated heterocycles. The minimum Gasteiger partial charge on any atom is -0.380 e. The standard InChI is InChI=1S/C9H14ClN3O/c1-6(7(2)14-3)13-9-11-4-8(10)5-12-9/h4-7H,1-3H3,(H,11,12,13)/t6-,7?/m0/s1. The zero-order chi connectivity index (χ0) is 10.6. The first-order valence-electron chi connectivity index (χ1n) is 4.40. The Bertz CT molecular complexity index is 278. The second kappa shape index (κ2) is 5.12. The van der Waals surface area contributed by atoms with E-state index in [9.17, 15) is 0 Å². The van der Waals surface area contributed by atoms with Gasteiger partial charge >= 0.3 is 0 Å². The number of halogens is 1. The molecular formula is C9H14ClN3O. The Morgan fingerprint density at radius 1 is 1.36 bits per heavy atom. The van der Waals surface area contributed by atoms with E-state index in [1.54, 1.807) is 19.5 Å². The van der Waals surface area contributed by atoms with E-state index >= 15 is 0 Å². The third kappa shape index (κ3) is 3.12. The molecule has 0 radical (unpaired) electrons. The number of ether oxygens (including phenoxy) is 1. The van der Waals surface area contributed by atoms with E-state index in [0.717, 1.165) is 0 Å². The molecule has 1 heterocycles. The van der Waals surface area contributed by atoms with Crippen molar-refractivity contribution in [2.75, 3.05) is 12.4 Å². The highest BCUT2D eigenvalue weighted by molar-refractivity contribution is 6.30. The number of aromatic nitrogens is 2. The number of hydrogen-bond acceptors (Lipinski definition) is 4. The third-order valence-electron chi connectivity index (χ3n) is 2.05. The lowest BCUT2D eigenvalue weighted by Gasteiger charge is -2.19. The minimum absolute atomic E-state index is 0.106. The fourth-order valence-corrected chi connectivity index (χ4v) is 1.01. The summed E-state index contributed by atoms with van der Waals surface area (Å²) in [6.07, 6.45) is 3.22. The Hall–Kier alpha value is -0.870. The smallest absolute Gasteiger partial charge is 0.222 e. The average Bonchev–Trinajstić information content (AvgIpc) is 2.20. The molecule has 0 aromatic carbocycles. The van der Waals surface area contributed by atoms with Crippen LogP contribution in [0.15, 0.2) is 12.4 Å². The summed E-state index contributed by atoms with van der Waals surface area (Å²) in [5.41, 5.74) is 0. The van der Waals surface area contributed by atoms with Gasteiger partial charge < -0.3 is 10.1 Å². The van der Waals surface area contributed by atoms with E-state index in [4.69, 9.17) is 16.3 Å². The van der Waals surface area contributed by atoms with Gasteiger partial charge in [-0.3, -0.25) is 0 Å². The number of rotatable bonds is 4. The van der Waals surface area contributed by atoms with Crippen molar-refractivity contribution in [1.29, 1.82) is 0 Å². The van der Waals surface area contributed by atoms with E-state index in [1.165, 1.54) is 0 Å². The summed E-state index contributed by atoms with van der Waals surface area (Å²) in [7, 11) is 1.67. The van der Waals surface area contributed by atoms with Crippen molar-refractivity contribution in [3.8, 4) is 0 Å². The van der Waals surface area contributed by atoms with Crippen LogP contribution in [0.2, 0.25) is 5.02 Å². The van der Waals surface area contributed by atoms with Gasteiger partial charge in [-0.2, -0.15) is 0 Å². The maximum Gasteiger partial charge on any atom is 0.222 e. The number of methoxy groups -OCH3 is 1. The van der Waals surface area contributed by atoms with Crippen LogP contribution in [0.4, 0.5) is 5.95 Å². The van der Waals surface area contributed by atoms with Crippen LogP contribution in [0.3, 0.4) is 0 Å². The average molecular weight is 216 g/mol. The summed E-state index contributed by atoms with van der Waals surface area (Å²) in [6, 6.07) is 0.154. The Morgan fingerprint density at radius 3 is 2.43 bits per heavy atom. The second-order valence-electron chi connectivity index (χ2n) is 3.10. The largest absolute Gasteiger partial charge is 0.380 e. The molecule has 0 fully saturated rings. The molecule has 14 heavy (non-hydrogen) atoms. The zero-order valence-electron chi connectivity index (χ0n) is 8.49. The van der Waals surface area contributed by atoms with Gasteiger partial charge in [-0.15, -0.1) is 0 Å². The fourth-order valence-electron chi connectivity index (χ4n) is 0.912. The van der Waals surface area contributed by atoms with E-state index in [0.29, 0.717) is 11.0 Å². The van der Waals surface area contributed by atoms with Crippen molar-refractivity contribution >= 4 is 17.5 Å². The molecule has 0 aliphatic rings. The molecule has 0 aliphatic carbocycles. The van der Waals surface area contributed by atoms with Gasteiger partial charge in [0.05, 0.1) is 29.6 Å². The highest BCUT2D eigenvalue weighted by Gasteiger charge is 2.11. The van der Waals surface area contributed by atoms with Crippen molar-refractivity contribution in [2.24, 2.45) is 0 Å². The Kier molecular flexibility index (Phi) is 4.10. The van der Waals surface area contributed by atoms with Crippen molar-refractivity contribution in [1.82, 2.24) is 9.97 Å². The highest BCUT2D eigenvalue weighted by Crippen LogP contribution is 2.08. The molecule has 1 N–H and O–H groups in total. The number of hydrogen-bond donors (Lipinski definition) is 1. The van der Waals surface area contributed by atoms with Crippen LogP contribution in [0.5, 0.6) is 0 Å². The molecule has 1 unspecified atom stereocenters. The Labute approximate surface area is 88.7 Å². The normalized spacial score (nSPS) is 14.9. The quantitative estimate of drug-likeness (QED) is 0.834. The summed E-state index contributed by atoms with van der Waals surface area (Å²) < 4.78 is 5.16. The number of nitrogens with zero attached hydrogens (tertiary/aromatic N) is 2. The lowest BCUT2D eigenvalue weighted by atomic mass is 10.2. The summed E-state index contributed by atoms with van der Waals surface area (Å²) >= 11 is 5.66. The molecule has 1 rings (SSSR count). The van der Waals surface area contributed by atoms with Gasteiger partial charge in [-0.1, -0.05) is 11.6 Å². The Balaban J connectivity index is 2.56. The van der Waals surface area contributed by atoms with Crippen LogP contribution in [0, 0.1) is 0 Å². The Morgan fingerprint density at radius 2 is 1.93 bits per heavy atom. The van der Waals surface area contributed by atoms with Gasteiger partial charge in [0.2, 0.25) is 5.95 Å². The lowest BCUT2D eigenvalue weighted by molar-refractivity contribution is 0.106. The third-order valence-corrected chi connectivity index (χ3v) is 2.25. The van der Waals surface area contributed by atoms with Gasteiger partial charge in [-0.25, -0.2) is 9.97 Å². The van der Waals surface area contributed by atoms with Crippen molar-refractivity contribution in [3.05, 3.63) is 17.4 Å². The second-order valence-corrected chi connectivity index (χ2v) is 3.54. The van der Waals surface area contributed by atoms with Crippen LogP contribution in [0.25, 0.3) is 0 Å². The van der Waals surface area contributed by atoms with Gasteiger partial charge in [-0.05, 0) is 13.8 Å². The highest BCUT2D eigenvalue weighted by atomic mass is 35.5. The molecular weight excluding hydrogens is 202 g/mol. The topological polar surface area (TPSA) is 47.0 Å².